The van der Waals surface area contributed by atoms with E-state index >= 15 is 0 Å². The van der Waals surface area contributed by atoms with Crippen LogP contribution in [0.5, 0.6) is 5.75 Å². The van der Waals surface area contributed by atoms with Gasteiger partial charge in [0, 0.05) is 39.3 Å². The number of hydrogen-bond donors (Lipinski definition) is 0. The minimum Gasteiger partial charge on any atom is -0.495 e. The lowest BCUT2D eigenvalue weighted by Crippen LogP contribution is -2.47. The minimum absolute atomic E-state index is 0.0601. The Hall–Kier alpha value is -2.54. The summed E-state index contributed by atoms with van der Waals surface area (Å²) in [5.41, 5.74) is 1.08. The number of allylic oxidation sites excluding steroid dienone is 1. The van der Waals surface area contributed by atoms with Crippen LogP contribution in [0.4, 0.5) is 5.69 Å². The zero-order chi connectivity index (χ0) is 18.5. The molecular formula is C19H27N5O2. The van der Waals surface area contributed by atoms with Crippen molar-refractivity contribution in [2.24, 2.45) is 0 Å². The van der Waals surface area contributed by atoms with Gasteiger partial charge in [-0.1, -0.05) is 18.2 Å². The van der Waals surface area contributed by atoms with E-state index in [0.29, 0.717) is 13.1 Å². The molecule has 26 heavy (non-hydrogen) atoms. The summed E-state index contributed by atoms with van der Waals surface area (Å²) in [5.74, 6) is 1.65. The van der Waals surface area contributed by atoms with Gasteiger partial charge >= 0.3 is 5.69 Å². The largest absolute Gasteiger partial charge is 0.495 e. The van der Waals surface area contributed by atoms with Crippen molar-refractivity contribution in [2.75, 3.05) is 44.7 Å². The number of hydrogen-bond acceptors (Lipinski definition) is 5. The van der Waals surface area contributed by atoms with Crippen molar-refractivity contribution in [3.05, 3.63) is 53.2 Å². The molecule has 1 aromatic heterocycles. The summed E-state index contributed by atoms with van der Waals surface area (Å²) in [5, 5.41) is 4.36. The maximum atomic E-state index is 12.3. The molecule has 1 aliphatic heterocycles. The van der Waals surface area contributed by atoms with Crippen LogP contribution in [0.1, 0.15) is 5.82 Å². The lowest BCUT2D eigenvalue weighted by atomic mass is 10.2. The highest BCUT2D eigenvalue weighted by atomic mass is 16.5. The molecule has 0 saturated carbocycles. The molecule has 0 spiro atoms. The Kier molecular flexibility index (Phi) is 5.78. The number of aromatic nitrogens is 3. The van der Waals surface area contributed by atoms with E-state index in [4.69, 9.17) is 4.74 Å². The summed E-state index contributed by atoms with van der Waals surface area (Å²) in [6.45, 7) is 11.3. The average Bonchev–Trinajstić information content (AvgIpc) is 2.94. The van der Waals surface area contributed by atoms with E-state index in [1.807, 2.05) is 25.1 Å². The van der Waals surface area contributed by atoms with Crippen LogP contribution in [0.25, 0.3) is 0 Å². The van der Waals surface area contributed by atoms with E-state index < -0.39 is 0 Å². The molecule has 0 atom stereocenters. The molecule has 140 valence electrons. The summed E-state index contributed by atoms with van der Waals surface area (Å²) < 4.78 is 8.67. The van der Waals surface area contributed by atoms with Crippen molar-refractivity contribution < 1.29 is 4.74 Å². The molecule has 0 unspecified atom stereocenters. The van der Waals surface area contributed by atoms with Crippen LogP contribution in [-0.2, 0) is 13.1 Å². The summed E-state index contributed by atoms with van der Waals surface area (Å²) in [7, 11) is 1.71. The predicted molar refractivity (Wildman–Crippen MR) is 103 cm³/mol. The number of ether oxygens (including phenoxy) is 1. The molecule has 1 aliphatic rings. The van der Waals surface area contributed by atoms with Crippen LogP contribution in [0, 0.1) is 6.92 Å². The second-order valence-corrected chi connectivity index (χ2v) is 6.45. The van der Waals surface area contributed by atoms with Crippen molar-refractivity contribution in [1.29, 1.82) is 0 Å². The number of aryl methyl sites for hydroxylation is 1. The van der Waals surface area contributed by atoms with Crippen molar-refractivity contribution >= 4 is 5.69 Å². The van der Waals surface area contributed by atoms with E-state index in [1.54, 1.807) is 22.4 Å². The van der Waals surface area contributed by atoms with Gasteiger partial charge in [0.1, 0.15) is 11.6 Å². The maximum Gasteiger partial charge on any atom is 0.346 e. The number of piperazine rings is 1. The molecular weight excluding hydrogens is 330 g/mol. The molecule has 2 aromatic rings. The fraction of sp³-hybridized carbons (Fsp3) is 0.474. The highest BCUT2D eigenvalue weighted by Crippen LogP contribution is 2.28. The van der Waals surface area contributed by atoms with Gasteiger partial charge in [0.25, 0.3) is 0 Å². The molecule has 0 bridgehead atoms. The van der Waals surface area contributed by atoms with Crippen LogP contribution < -0.4 is 15.3 Å². The van der Waals surface area contributed by atoms with Crippen molar-refractivity contribution in [2.45, 2.75) is 20.0 Å². The highest BCUT2D eigenvalue weighted by Gasteiger charge is 2.20. The van der Waals surface area contributed by atoms with Gasteiger partial charge in [-0.05, 0) is 19.1 Å². The third kappa shape index (κ3) is 3.83. The zero-order valence-corrected chi connectivity index (χ0v) is 15.6. The highest BCUT2D eigenvalue weighted by molar-refractivity contribution is 5.58. The van der Waals surface area contributed by atoms with Gasteiger partial charge in [0.15, 0.2) is 0 Å². The lowest BCUT2D eigenvalue weighted by Gasteiger charge is -2.36. The molecule has 7 heteroatoms. The van der Waals surface area contributed by atoms with E-state index in [1.165, 1.54) is 0 Å². The summed E-state index contributed by atoms with van der Waals surface area (Å²) in [4.78, 5) is 17.1. The molecule has 3 rings (SSSR count). The van der Waals surface area contributed by atoms with Gasteiger partial charge in [0.2, 0.25) is 0 Å². The van der Waals surface area contributed by atoms with Crippen LogP contribution >= 0.6 is 0 Å². The first-order valence-corrected chi connectivity index (χ1v) is 8.99. The molecule has 7 nitrogen and oxygen atoms in total. The van der Waals surface area contributed by atoms with Gasteiger partial charge in [-0.2, -0.15) is 5.10 Å². The number of benzene rings is 1. The fourth-order valence-corrected chi connectivity index (χ4v) is 3.37. The van der Waals surface area contributed by atoms with Crippen LogP contribution in [-0.4, -0.2) is 59.1 Å². The fourth-order valence-electron chi connectivity index (χ4n) is 3.37. The van der Waals surface area contributed by atoms with E-state index in [0.717, 1.165) is 50.0 Å². The Balaban J connectivity index is 1.56. The molecule has 1 fully saturated rings. The third-order valence-electron chi connectivity index (χ3n) is 4.85. The SMILES string of the molecule is C=CCn1c(C)nn(CCN2CCN(c3ccccc3OC)CC2)c1=O. The predicted octanol–water partition coefficient (Wildman–Crippen LogP) is 1.37. The molecule has 0 amide bonds. The number of nitrogens with zero attached hydrogens (tertiary/aromatic N) is 5. The van der Waals surface area contributed by atoms with Crippen molar-refractivity contribution in [3.8, 4) is 5.75 Å². The number of methoxy groups -OCH3 is 1. The van der Waals surface area contributed by atoms with Crippen LogP contribution in [0.15, 0.2) is 41.7 Å². The zero-order valence-electron chi connectivity index (χ0n) is 15.6. The van der Waals surface area contributed by atoms with Gasteiger partial charge in [-0.3, -0.25) is 9.47 Å². The molecule has 1 saturated heterocycles. The van der Waals surface area contributed by atoms with E-state index in [9.17, 15) is 4.79 Å². The summed E-state index contributed by atoms with van der Waals surface area (Å²) in [6, 6.07) is 8.13. The van der Waals surface area contributed by atoms with Gasteiger partial charge in [-0.15, -0.1) is 6.58 Å². The third-order valence-corrected chi connectivity index (χ3v) is 4.85. The normalized spacial score (nSPS) is 15.2. The first-order chi connectivity index (χ1) is 12.6. The second-order valence-electron chi connectivity index (χ2n) is 6.45. The summed E-state index contributed by atoms with van der Waals surface area (Å²) >= 11 is 0. The Morgan fingerprint density at radius 3 is 2.62 bits per heavy atom. The second kappa shape index (κ2) is 8.23. The van der Waals surface area contributed by atoms with Gasteiger partial charge < -0.3 is 9.64 Å². The standard InChI is InChI=1S/C19H27N5O2/c1-4-9-23-16(2)20-24(19(23)25)15-12-21-10-13-22(14-11-21)17-7-5-6-8-18(17)26-3/h4-8H,1,9-15H2,2-3H3. The number of rotatable bonds is 7. The Morgan fingerprint density at radius 1 is 1.19 bits per heavy atom. The van der Waals surface area contributed by atoms with Gasteiger partial charge in [0.05, 0.1) is 19.3 Å². The maximum absolute atomic E-state index is 12.3. The number of anilines is 1. The molecule has 0 aliphatic carbocycles. The average molecular weight is 357 g/mol. The summed E-state index contributed by atoms with van der Waals surface area (Å²) in [6.07, 6.45) is 1.72. The van der Waals surface area contributed by atoms with Gasteiger partial charge in [-0.25, -0.2) is 9.48 Å². The monoisotopic (exact) mass is 357 g/mol. The van der Waals surface area contributed by atoms with E-state index in [2.05, 4.69) is 27.5 Å². The quantitative estimate of drug-likeness (QED) is 0.701. The van der Waals surface area contributed by atoms with Crippen molar-refractivity contribution in [3.63, 3.8) is 0 Å². The van der Waals surface area contributed by atoms with Crippen LogP contribution in [0.2, 0.25) is 0 Å². The minimum atomic E-state index is -0.0601. The van der Waals surface area contributed by atoms with Crippen LogP contribution in [0.3, 0.4) is 0 Å². The van der Waals surface area contributed by atoms with E-state index in [-0.39, 0.29) is 5.69 Å². The molecule has 2 heterocycles. The molecule has 1 aromatic carbocycles. The topological polar surface area (TPSA) is 55.5 Å². The first kappa shape index (κ1) is 18.3. The Morgan fingerprint density at radius 2 is 1.92 bits per heavy atom. The smallest absolute Gasteiger partial charge is 0.346 e. The lowest BCUT2D eigenvalue weighted by molar-refractivity contribution is 0.242. The molecule has 0 radical (unpaired) electrons. The molecule has 0 N–H and O–H groups in total. The number of para-hydroxylation sites is 2. The van der Waals surface area contributed by atoms with Crippen molar-refractivity contribution in [1.82, 2.24) is 19.2 Å². The Bertz CT molecular complexity index is 803. The first-order valence-electron chi connectivity index (χ1n) is 8.99. The Labute approximate surface area is 154 Å².